The highest BCUT2D eigenvalue weighted by Gasteiger charge is 2.30. The van der Waals surface area contributed by atoms with E-state index in [2.05, 4.69) is 30.6 Å². The van der Waals surface area contributed by atoms with Crippen molar-refractivity contribution in [2.24, 2.45) is 11.7 Å². The average Bonchev–Trinajstić information content (AvgIpc) is 3.38. The molecule has 2 aromatic rings. The minimum Gasteiger partial charge on any atom is -0.480 e. The average molecular weight is 405 g/mol. The summed E-state index contributed by atoms with van der Waals surface area (Å²) in [4.78, 5) is 50.4. The number of carbonyl (C=O) groups excluding carboxylic acids is 2. The molecule has 2 rings (SSSR count). The van der Waals surface area contributed by atoms with E-state index in [0.717, 1.165) is 0 Å². The van der Waals surface area contributed by atoms with Crippen molar-refractivity contribution in [3.8, 4) is 0 Å². The summed E-state index contributed by atoms with van der Waals surface area (Å²) in [6.07, 6.45) is 6.93. The van der Waals surface area contributed by atoms with Crippen LogP contribution in [0.15, 0.2) is 25.0 Å². The number of H-pyrrole nitrogens is 2. The number of aromatic amines is 2. The summed E-state index contributed by atoms with van der Waals surface area (Å²) in [5.74, 6) is -2.54. The zero-order chi connectivity index (χ0) is 21.4. The van der Waals surface area contributed by atoms with Crippen molar-refractivity contribution in [2.45, 2.75) is 51.2 Å². The number of imidazole rings is 2. The van der Waals surface area contributed by atoms with Crippen molar-refractivity contribution >= 4 is 17.8 Å². The minimum atomic E-state index is -1.13. The van der Waals surface area contributed by atoms with Crippen molar-refractivity contribution in [3.05, 3.63) is 36.4 Å². The van der Waals surface area contributed by atoms with Crippen LogP contribution in [0.3, 0.4) is 0 Å². The fourth-order valence-electron chi connectivity index (χ4n) is 2.77. The second-order valence-corrected chi connectivity index (χ2v) is 6.94. The smallest absolute Gasteiger partial charge is 0.326 e. The van der Waals surface area contributed by atoms with E-state index in [1.165, 1.54) is 18.9 Å². The Hall–Kier alpha value is -3.21. The van der Waals surface area contributed by atoms with Gasteiger partial charge in [-0.25, -0.2) is 14.8 Å². The molecule has 0 aliphatic carbocycles. The summed E-state index contributed by atoms with van der Waals surface area (Å²) in [6, 6.07) is -2.98. The summed E-state index contributed by atoms with van der Waals surface area (Å²) in [7, 11) is 0. The molecule has 4 atom stereocenters. The molecule has 11 nitrogen and oxygen atoms in total. The van der Waals surface area contributed by atoms with Crippen LogP contribution >= 0.6 is 0 Å². The number of hydrogen-bond acceptors (Lipinski definition) is 6. The molecule has 0 fully saturated rings. The molecule has 158 valence electrons. The van der Waals surface area contributed by atoms with E-state index in [1.807, 2.05) is 6.92 Å². The Morgan fingerprint density at radius 2 is 1.66 bits per heavy atom. The van der Waals surface area contributed by atoms with Crippen LogP contribution in [0.25, 0.3) is 0 Å². The number of hydrogen-bond donors (Lipinski definition) is 6. The lowest BCUT2D eigenvalue weighted by Gasteiger charge is -2.25. The molecule has 2 amide bonds. The second-order valence-electron chi connectivity index (χ2n) is 6.94. The Morgan fingerprint density at radius 1 is 1.07 bits per heavy atom. The van der Waals surface area contributed by atoms with Crippen LogP contribution in [-0.2, 0) is 27.2 Å². The van der Waals surface area contributed by atoms with Crippen LogP contribution < -0.4 is 16.4 Å². The molecule has 29 heavy (non-hydrogen) atoms. The number of carbonyl (C=O) groups is 3. The van der Waals surface area contributed by atoms with Gasteiger partial charge in [-0.3, -0.25) is 9.59 Å². The van der Waals surface area contributed by atoms with E-state index in [1.54, 1.807) is 13.1 Å². The number of nitrogens with zero attached hydrogens (tertiary/aromatic N) is 2. The molecular formula is C18H27N7O4. The number of amides is 2. The fourth-order valence-corrected chi connectivity index (χ4v) is 2.77. The number of nitrogens with one attached hydrogen (secondary N) is 4. The highest BCUT2D eigenvalue weighted by atomic mass is 16.4. The highest BCUT2D eigenvalue weighted by molar-refractivity contribution is 5.92. The largest absolute Gasteiger partial charge is 0.480 e. The number of carboxylic acids is 1. The van der Waals surface area contributed by atoms with Crippen molar-refractivity contribution in [2.75, 3.05) is 0 Å². The van der Waals surface area contributed by atoms with Crippen molar-refractivity contribution in [3.63, 3.8) is 0 Å². The van der Waals surface area contributed by atoms with Gasteiger partial charge in [0, 0.05) is 36.6 Å². The van der Waals surface area contributed by atoms with E-state index in [9.17, 15) is 19.5 Å². The summed E-state index contributed by atoms with van der Waals surface area (Å²) in [5, 5.41) is 14.6. The fraction of sp³-hybridized carbons (Fsp3) is 0.500. The maximum atomic E-state index is 12.8. The van der Waals surface area contributed by atoms with Gasteiger partial charge in [-0.05, 0) is 5.92 Å². The molecule has 0 aromatic carbocycles. The molecule has 0 saturated carbocycles. The summed E-state index contributed by atoms with van der Waals surface area (Å²) in [6.45, 7) is 3.58. The Bertz CT molecular complexity index is 791. The molecule has 0 saturated heterocycles. The molecule has 0 aliphatic heterocycles. The maximum Gasteiger partial charge on any atom is 0.326 e. The van der Waals surface area contributed by atoms with Gasteiger partial charge in [0.05, 0.1) is 18.7 Å². The third-order valence-electron chi connectivity index (χ3n) is 4.72. The van der Waals surface area contributed by atoms with Crippen LogP contribution in [0.4, 0.5) is 0 Å². The first-order valence-corrected chi connectivity index (χ1v) is 9.35. The molecule has 11 heteroatoms. The van der Waals surface area contributed by atoms with E-state index < -0.39 is 35.9 Å². The van der Waals surface area contributed by atoms with Crippen LogP contribution in [0, 0.1) is 5.92 Å². The Morgan fingerprint density at radius 3 is 2.14 bits per heavy atom. The predicted molar refractivity (Wildman–Crippen MR) is 104 cm³/mol. The normalized spacial score (nSPS) is 15.1. The second kappa shape index (κ2) is 10.4. The topological polar surface area (TPSA) is 179 Å². The Kier molecular flexibility index (Phi) is 7.89. The van der Waals surface area contributed by atoms with Crippen molar-refractivity contribution in [1.82, 2.24) is 30.6 Å². The number of nitrogens with two attached hydrogens (primary N) is 1. The lowest BCUT2D eigenvalue weighted by Crippen LogP contribution is -2.56. The Labute approximate surface area is 167 Å². The predicted octanol–water partition coefficient (Wildman–Crippen LogP) is -0.654. The minimum absolute atomic E-state index is 0.112. The van der Waals surface area contributed by atoms with E-state index in [-0.39, 0.29) is 18.8 Å². The number of rotatable bonds is 11. The van der Waals surface area contributed by atoms with Crippen LogP contribution in [-0.4, -0.2) is 61.0 Å². The first-order valence-electron chi connectivity index (χ1n) is 9.35. The monoisotopic (exact) mass is 405 g/mol. The molecule has 0 radical (unpaired) electrons. The summed E-state index contributed by atoms with van der Waals surface area (Å²) >= 11 is 0. The maximum absolute atomic E-state index is 12.8. The van der Waals surface area contributed by atoms with Crippen molar-refractivity contribution < 1.29 is 19.5 Å². The van der Waals surface area contributed by atoms with E-state index >= 15 is 0 Å². The molecule has 7 N–H and O–H groups in total. The zero-order valence-corrected chi connectivity index (χ0v) is 16.4. The highest BCUT2D eigenvalue weighted by Crippen LogP contribution is 2.09. The van der Waals surface area contributed by atoms with Gasteiger partial charge in [-0.2, -0.15) is 0 Å². The van der Waals surface area contributed by atoms with Gasteiger partial charge in [0.2, 0.25) is 11.8 Å². The third kappa shape index (κ3) is 6.42. The summed E-state index contributed by atoms with van der Waals surface area (Å²) in [5.41, 5.74) is 7.24. The lowest BCUT2D eigenvalue weighted by atomic mass is 9.98. The van der Waals surface area contributed by atoms with Gasteiger partial charge < -0.3 is 31.4 Å². The van der Waals surface area contributed by atoms with Crippen LogP contribution in [0.1, 0.15) is 31.7 Å². The third-order valence-corrected chi connectivity index (χ3v) is 4.72. The number of aromatic nitrogens is 4. The molecule has 0 aliphatic rings. The van der Waals surface area contributed by atoms with Gasteiger partial charge in [0.25, 0.3) is 0 Å². The van der Waals surface area contributed by atoms with Gasteiger partial charge in [-0.15, -0.1) is 0 Å². The van der Waals surface area contributed by atoms with E-state index in [4.69, 9.17) is 5.73 Å². The van der Waals surface area contributed by atoms with Crippen LogP contribution in [0.2, 0.25) is 0 Å². The molecule has 0 bridgehead atoms. The molecule has 4 unspecified atom stereocenters. The lowest BCUT2D eigenvalue weighted by molar-refractivity contribution is -0.143. The Balaban J connectivity index is 2.09. The molecular weight excluding hydrogens is 378 g/mol. The molecule has 0 spiro atoms. The number of carboxylic acid groups (broad SMARTS) is 1. The van der Waals surface area contributed by atoms with Crippen LogP contribution in [0.5, 0.6) is 0 Å². The van der Waals surface area contributed by atoms with Gasteiger partial charge in [-0.1, -0.05) is 20.3 Å². The first-order chi connectivity index (χ1) is 13.8. The van der Waals surface area contributed by atoms with Gasteiger partial charge >= 0.3 is 5.97 Å². The molecule has 2 heterocycles. The quantitative estimate of drug-likeness (QED) is 0.287. The summed E-state index contributed by atoms with van der Waals surface area (Å²) < 4.78 is 0. The van der Waals surface area contributed by atoms with Crippen molar-refractivity contribution in [1.29, 1.82) is 0 Å². The SMILES string of the molecule is CCC(C)C(NC(=O)C(Cc1cnc[nH]1)NC(=O)C(N)Cc1cnc[nH]1)C(=O)O. The molecule has 2 aromatic heterocycles. The first kappa shape index (κ1) is 22.1. The van der Waals surface area contributed by atoms with Gasteiger partial charge in [0.1, 0.15) is 12.1 Å². The standard InChI is InChI=1S/C18H27N7O4/c1-3-10(2)15(18(28)29)25-17(27)14(5-12-7-21-9-23-12)24-16(26)13(19)4-11-6-20-8-22-11/h6-10,13-15H,3-5,19H2,1-2H3,(H,20,22)(H,21,23)(H,24,26)(H,25,27)(H,28,29). The number of aliphatic carboxylic acids is 1. The van der Waals surface area contributed by atoms with Gasteiger partial charge in [0.15, 0.2) is 0 Å². The van der Waals surface area contributed by atoms with E-state index in [0.29, 0.717) is 17.8 Å². The zero-order valence-electron chi connectivity index (χ0n) is 16.4.